The lowest BCUT2D eigenvalue weighted by Gasteiger charge is -2.28. The van der Waals surface area contributed by atoms with Gasteiger partial charge in [-0.15, -0.1) is 12.4 Å². The summed E-state index contributed by atoms with van der Waals surface area (Å²) in [6.07, 6.45) is 4.65. The molecule has 2 aromatic rings. The van der Waals surface area contributed by atoms with Gasteiger partial charge in [-0.1, -0.05) is 18.2 Å². The van der Waals surface area contributed by atoms with Crippen LogP contribution in [0.3, 0.4) is 0 Å². The topological polar surface area (TPSA) is 30.9 Å². The Labute approximate surface area is 180 Å². The largest absolute Gasteiger partial charge is 0.496 e. The van der Waals surface area contributed by atoms with Crippen molar-refractivity contribution in [3.63, 3.8) is 0 Å². The van der Waals surface area contributed by atoms with E-state index in [1.54, 1.807) is 21.3 Å². The highest BCUT2D eigenvalue weighted by Gasteiger charge is 2.37. The maximum Gasteiger partial charge on any atom is 0.161 e. The Morgan fingerprint density at radius 2 is 1.66 bits per heavy atom. The minimum atomic E-state index is 0. The summed E-state index contributed by atoms with van der Waals surface area (Å²) in [7, 11) is 5.20. The number of halogens is 1. The zero-order chi connectivity index (χ0) is 19.5. The smallest absolute Gasteiger partial charge is 0.161 e. The van der Waals surface area contributed by atoms with Gasteiger partial charge in [-0.2, -0.15) is 0 Å². The highest BCUT2D eigenvalue weighted by atomic mass is 35.5. The summed E-state index contributed by atoms with van der Waals surface area (Å²) in [6.45, 7) is 3.51. The Morgan fingerprint density at radius 3 is 2.41 bits per heavy atom. The predicted molar refractivity (Wildman–Crippen MR) is 119 cm³/mol. The van der Waals surface area contributed by atoms with Crippen molar-refractivity contribution in [2.75, 3.05) is 41.0 Å². The molecule has 0 aromatic heterocycles. The lowest BCUT2D eigenvalue weighted by atomic mass is 9.77. The third kappa shape index (κ3) is 4.49. The van der Waals surface area contributed by atoms with Crippen LogP contribution in [0.4, 0.5) is 0 Å². The Kier molecular flexibility index (Phi) is 7.31. The maximum absolute atomic E-state index is 5.56. The van der Waals surface area contributed by atoms with Gasteiger partial charge in [0.15, 0.2) is 11.5 Å². The molecule has 5 heteroatoms. The first kappa shape index (κ1) is 21.8. The standard InChI is InChI=1S/C24H31NO3.ClH/c1-26-22-9-5-4-7-17(22)8-6-12-25-15-19-11-10-18-13-23(27-2)24(28-3)14-20(18)21(19)16-25;/h4-5,7,9,13-14,19,21H,6,8,10-12,15-16H2,1-3H3;1H. The van der Waals surface area contributed by atoms with E-state index in [0.717, 1.165) is 49.1 Å². The van der Waals surface area contributed by atoms with Crippen LogP contribution in [0.5, 0.6) is 17.2 Å². The summed E-state index contributed by atoms with van der Waals surface area (Å²) in [5.74, 6) is 4.10. The van der Waals surface area contributed by atoms with Gasteiger partial charge in [-0.05, 0) is 73.0 Å². The molecule has 0 saturated carbocycles. The molecule has 2 unspecified atom stereocenters. The molecule has 0 bridgehead atoms. The minimum Gasteiger partial charge on any atom is -0.496 e. The molecule has 0 N–H and O–H groups in total. The number of rotatable bonds is 7. The molecule has 0 spiro atoms. The van der Waals surface area contributed by atoms with Crippen LogP contribution in [0.1, 0.15) is 35.4 Å². The average molecular weight is 418 g/mol. The van der Waals surface area contributed by atoms with E-state index in [0.29, 0.717) is 5.92 Å². The summed E-state index contributed by atoms with van der Waals surface area (Å²) >= 11 is 0. The van der Waals surface area contributed by atoms with Gasteiger partial charge in [0.05, 0.1) is 21.3 Å². The predicted octanol–water partition coefficient (Wildman–Crippen LogP) is 4.73. The van der Waals surface area contributed by atoms with Crippen LogP contribution in [0.15, 0.2) is 36.4 Å². The molecule has 4 nitrogen and oxygen atoms in total. The first-order chi connectivity index (χ1) is 13.7. The Balaban J connectivity index is 0.00000240. The number of benzene rings is 2. The van der Waals surface area contributed by atoms with E-state index >= 15 is 0 Å². The van der Waals surface area contributed by atoms with Gasteiger partial charge in [0.25, 0.3) is 0 Å². The number of methoxy groups -OCH3 is 3. The van der Waals surface area contributed by atoms with Crippen LogP contribution in [-0.4, -0.2) is 45.9 Å². The van der Waals surface area contributed by atoms with Crippen molar-refractivity contribution in [3.05, 3.63) is 53.1 Å². The van der Waals surface area contributed by atoms with Crippen molar-refractivity contribution in [2.45, 2.75) is 31.6 Å². The third-order valence-electron chi connectivity index (χ3n) is 6.46. The number of ether oxygens (including phenoxy) is 3. The number of nitrogens with zero attached hydrogens (tertiary/aromatic N) is 1. The first-order valence-corrected chi connectivity index (χ1v) is 10.3. The Hall–Kier alpha value is -1.91. The molecule has 4 rings (SSSR count). The van der Waals surface area contributed by atoms with Crippen LogP contribution in [-0.2, 0) is 12.8 Å². The molecular weight excluding hydrogens is 386 g/mol. The van der Waals surface area contributed by atoms with Gasteiger partial charge in [0.2, 0.25) is 0 Å². The highest BCUT2D eigenvalue weighted by molar-refractivity contribution is 5.85. The van der Waals surface area contributed by atoms with Crippen LogP contribution < -0.4 is 14.2 Å². The van der Waals surface area contributed by atoms with E-state index in [2.05, 4.69) is 35.2 Å². The molecule has 1 heterocycles. The number of para-hydroxylation sites is 1. The van der Waals surface area contributed by atoms with Crippen molar-refractivity contribution in [1.29, 1.82) is 0 Å². The van der Waals surface area contributed by atoms with E-state index < -0.39 is 0 Å². The number of aryl methyl sites for hydroxylation is 2. The molecule has 1 aliphatic heterocycles. The van der Waals surface area contributed by atoms with Crippen molar-refractivity contribution in [3.8, 4) is 17.2 Å². The monoisotopic (exact) mass is 417 g/mol. The van der Waals surface area contributed by atoms with E-state index in [1.165, 1.54) is 36.1 Å². The second kappa shape index (κ2) is 9.73. The molecule has 0 radical (unpaired) electrons. The lowest BCUT2D eigenvalue weighted by molar-refractivity contribution is 0.316. The second-order valence-electron chi connectivity index (χ2n) is 7.99. The van der Waals surface area contributed by atoms with Crippen LogP contribution in [0.25, 0.3) is 0 Å². The molecule has 0 amide bonds. The fourth-order valence-corrected chi connectivity index (χ4v) is 5.03. The fourth-order valence-electron chi connectivity index (χ4n) is 5.03. The first-order valence-electron chi connectivity index (χ1n) is 10.3. The third-order valence-corrected chi connectivity index (χ3v) is 6.46. The highest BCUT2D eigenvalue weighted by Crippen LogP contribution is 2.45. The molecule has 1 aliphatic carbocycles. The van der Waals surface area contributed by atoms with Crippen molar-refractivity contribution < 1.29 is 14.2 Å². The molecule has 2 aromatic carbocycles. The summed E-state index contributed by atoms with van der Waals surface area (Å²) in [4.78, 5) is 2.65. The number of fused-ring (bicyclic) bond motifs is 3. The quantitative estimate of drug-likeness (QED) is 0.651. The molecule has 29 heavy (non-hydrogen) atoms. The van der Waals surface area contributed by atoms with Gasteiger partial charge in [0, 0.05) is 19.0 Å². The Bertz CT molecular complexity index is 826. The van der Waals surface area contributed by atoms with Gasteiger partial charge in [-0.25, -0.2) is 0 Å². The van der Waals surface area contributed by atoms with Crippen LogP contribution in [0.2, 0.25) is 0 Å². The van der Waals surface area contributed by atoms with Crippen molar-refractivity contribution in [1.82, 2.24) is 4.90 Å². The summed E-state index contributed by atoms with van der Waals surface area (Å²) in [5.41, 5.74) is 4.22. The minimum absolute atomic E-state index is 0. The molecule has 1 saturated heterocycles. The molecule has 158 valence electrons. The van der Waals surface area contributed by atoms with Gasteiger partial charge < -0.3 is 19.1 Å². The molecule has 2 atom stereocenters. The number of likely N-dealkylation sites (tertiary alicyclic amines) is 1. The van der Waals surface area contributed by atoms with Crippen LogP contribution in [0, 0.1) is 5.92 Å². The summed E-state index contributed by atoms with van der Waals surface area (Å²) < 4.78 is 16.6. The SMILES string of the molecule is COc1ccccc1CCCN1CC2CCc3cc(OC)c(OC)cc3C2C1.Cl. The molecular formula is C24H32ClNO3. The van der Waals surface area contributed by atoms with Crippen LogP contribution >= 0.6 is 12.4 Å². The zero-order valence-electron chi connectivity index (χ0n) is 17.6. The second-order valence-corrected chi connectivity index (χ2v) is 7.99. The summed E-state index contributed by atoms with van der Waals surface area (Å²) in [5, 5.41) is 0. The van der Waals surface area contributed by atoms with Crippen molar-refractivity contribution >= 4 is 12.4 Å². The van der Waals surface area contributed by atoms with E-state index in [4.69, 9.17) is 14.2 Å². The zero-order valence-corrected chi connectivity index (χ0v) is 18.5. The normalized spacial score (nSPS) is 20.4. The maximum atomic E-state index is 5.56. The van der Waals surface area contributed by atoms with E-state index in [9.17, 15) is 0 Å². The van der Waals surface area contributed by atoms with E-state index in [-0.39, 0.29) is 12.4 Å². The number of hydrogen-bond donors (Lipinski definition) is 0. The Morgan fingerprint density at radius 1 is 0.931 bits per heavy atom. The average Bonchev–Trinajstić information content (AvgIpc) is 3.16. The summed E-state index contributed by atoms with van der Waals surface area (Å²) in [6, 6.07) is 12.8. The van der Waals surface area contributed by atoms with Gasteiger partial charge >= 0.3 is 0 Å². The molecule has 2 aliphatic rings. The number of hydrogen-bond acceptors (Lipinski definition) is 4. The fraction of sp³-hybridized carbons (Fsp3) is 0.500. The van der Waals surface area contributed by atoms with E-state index in [1.807, 2.05) is 6.07 Å². The van der Waals surface area contributed by atoms with Gasteiger partial charge in [-0.3, -0.25) is 0 Å². The van der Waals surface area contributed by atoms with Crippen molar-refractivity contribution in [2.24, 2.45) is 5.92 Å². The lowest BCUT2D eigenvalue weighted by Crippen LogP contribution is -2.22. The van der Waals surface area contributed by atoms with Gasteiger partial charge in [0.1, 0.15) is 5.75 Å². The molecule has 1 fully saturated rings.